The lowest BCUT2D eigenvalue weighted by Crippen LogP contribution is -2.52. The maximum Gasteiger partial charge on any atom is 0.260 e. The molecule has 3 aliphatic rings. The lowest BCUT2D eigenvalue weighted by molar-refractivity contribution is -0.137. The van der Waals surface area contributed by atoms with E-state index in [0.717, 1.165) is 5.69 Å². The van der Waals surface area contributed by atoms with Crippen molar-refractivity contribution in [2.75, 3.05) is 56.0 Å². The lowest BCUT2D eigenvalue weighted by atomic mass is 10.0. The Kier molecular flexibility index (Phi) is 11.0. The molecular formula is C40H41N9O8. The molecule has 1 fully saturated rings. The quantitative estimate of drug-likeness (QED) is 0.114. The Morgan fingerprint density at radius 2 is 1.65 bits per heavy atom. The first kappa shape index (κ1) is 38.2. The largest absolute Gasteiger partial charge is 0.495 e. The normalized spacial score (nSPS) is 15.9. The van der Waals surface area contributed by atoms with E-state index in [2.05, 4.69) is 26.3 Å². The molecule has 1 unspecified atom stereocenters. The van der Waals surface area contributed by atoms with Crippen LogP contribution in [0.5, 0.6) is 11.5 Å². The summed E-state index contributed by atoms with van der Waals surface area (Å²) in [6.07, 6.45) is 3.18. The van der Waals surface area contributed by atoms with Gasteiger partial charge in [0.15, 0.2) is 12.4 Å². The number of piperidine rings is 1. The standard InChI is InChI=1S/C40H41N9O8/c1-47-28-11-5-4-9-25(28)38(54)48(2)30-20-43-40(46-35(30)47)44-27-14-13-23(19-32(27)56-3)36(52)42-18-7-6-17-41-34(51)22-57-31-12-8-10-24-26(31)21-49(39(24)55)29-15-16-33(50)45-37(29)53/h4-5,8-14,19-20,29H,6-7,15-18,21-22H2,1-3H3,(H,41,51)(H,42,52)(H,43,44,46)(H,45,50,53). The maximum absolute atomic E-state index is 13.1. The molecule has 17 nitrogen and oxygen atoms in total. The second-order valence-corrected chi connectivity index (χ2v) is 13.7. The van der Waals surface area contributed by atoms with Crippen LogP contribution in [-0.4, -0.2) is 97.3 Å². The Hall–Kier alpha value is -7.04. The molecule has 1 atom stereocenters. The molecule has 1 saturated heterocycles. The maximum atomic E-state index is 13.1. The highest BCUT2D eigenvalue weighted by atomic mass is 16.5. The van der Waals surface area contributed by atoms with Crippen LogP contribution in [-0.2, 0) is 20.9 Å². The topological polar surface area (TPSA) is 204 Å². The smallest absolute Gasteiger partial charge is 0.260 e. The van der Waals surface area contributed by atoms with Gasteiger partial charge >= 0.3 is 0 Å². The Balaban J connectivity index is 0.859. The van der Waals surface area contributed by atoms with E-state index in [0.29, 0.717) is 76.9 Å². The summed E-state index contributed by atoms with van der Waals surface area (Å²) in [5.74, 6) is -0.408. The number of fused-ring (bicyclic) bond motifs is 3. The number of hydrogen-bond acceptors (Lipinski definition) is 12. The number of anilines is 5. The van der Waals surface area contributed by atoms with E-state index in [-0.39, 0.29) is 61.5 Å². The number of nitrogens with zero attached hydrogens (tertiary/aromatic N) is 5. The molecular weight excluding hydrogens is 734 g/mol. The number of methoxy groups -OCH3 is 1. The van der Waals surface area contributed by atoms with Gasteiger partial charge in [-0.25, -0.2) is 4.98 Å². The number of unbranched alkanes of at least 4 members (excludes halogenated alkanes) is 1. The van der Waals surface area contributed by atoms with Crippen LogP contribution in [0.3, 0.4) is 0 Å². The van der Waals surface area contributed by atoms with Crippen molar-refractivity contribution in [3.63, 3.8) is 0 Å². The third-order valence-electron chi connectivity index (χ3n) is 10.0. The lowest BCUT2D eigenvalue weighted by Gasteiger charge is -2.29. The summed E-state index contributed by atoms with van der Waals surface area (Å²) in [4.78, 5) is 89.6. The second kappa shape index (κ2) is 16.4. The number of carbonyl (C=O) groups excluding carboxylic acids is 6. The SMILES string of the molecule is COc1cc(C(=O)NCCCCNC(=O)COc2cccc3c2CN(C2CCC(=O)NC2=O)C3=O)ccc1Nc1ncc2c(n1)N(C)c1ccccc1C(=O)N2C. The molecule has 0 saturated carbocycles. The van der Waals surface area contributed by atoms with Gasteiger partial charge in [0.2, 0.25) is 17.8 Å². The molecule has 4 N–H and O–H groups in total. The summed E-state index contributed by atoms with van der Waals surface area (Å²) in [6, 6.07) is 16.5. The van der Waals surface area contributed by atoms with Gasteiger partial charge in [-0.05, 0) is 61.7 Å². The van der Waals surface area contributed by atoms with Crippen molar-refractivity contribution in [3.8, 4) is 11.5 Å². The van der Waals surface area contributed by atoms with Crippen molar-refractivity contribution < 1.29 is 38.2 Å². The number of benzene rings is 3. The first-order valence-corrected chi connectivity index (χ1v) is 18.4. The van der Waals surface area contributed by atoms with E-state index in [9.17, 15) is 28.8 Å². The third-order valence-corrected chi connectivity index (χ3v) is 10.0. The minimum Gasteiger partial charge on any atom is -0.495 e. The van der Waals surface area contributed by atoms with E-state index >= 15 is 0 Å². The number of nitrogens with one attached hydrogen (secondary N) is 4. The van der Waals surface area contributed by atoms with Crippen molar-refractivity contribution in [2.24, 2.45) is 0 Å². The Morgan fingerprint density at radius 1 is 0.877 bits per heavy atom. The van der Waals surface area contributed by atoms with Gasteiger partial charge in [-0.2, -0.15) is 4.98 Å². The molecule has 0 bridgehead atoms. The fraction of sp³-hybridized carbons (Fsp3) is 0.300. The summed E-state index contributed by atoms with van der Waals surface area (Å²) in [5, 5.41) is 11.1. The summed E-state index contributed by atoms with van der Waals surface area (Å²) >= 11 is 0. The van der Waals surface area contributed by atoms with Crippen LogP contribution in [0.15, 0.2) is 66.9 Å². The van der Waals surface area contributed by atoms with Crippen LogP contribution in [0.2, 0.25) is 0 Å². The van der Waals surface area contributed by atoms with Gasteiger partial charge in [0.25, 0.3) is 23.6 Å². The van der Waals surface area contributed by atoms with Crippen molar-refractivity contribution in [1.82, 2.24) is 30.8 Å². The van der Waals surface area contributed by atoms with Gasteiger partial charge in [0, 0.05) is 50.3 Å². The predicted octanol–water partition coefficient (Wildman–Crippen LogP) is 3.05. The summed E-state index contributed by atoms with van der Waals surface area (Å²) in [5.41, 5.74) is 3.73. The van der Waals surface area contributed by atoms with Gasteiger partial charge in [0.1, 0.15) is 23.2 Å². The monoisotopic (exact) mass is 775 g/mol. The van der Waals surface area contributed by atoms with Crippen LogP contribution >= 0.6 is 0 Å². The first-order chi connectivity index (χ1) is 27.5. The van der Waals surface area contributed by atoms with E-state index in [1.807, 2.05) is 30.1 Å². The number of aromatic nitrogens is 2. The fourth-order valence-corrected chi connectivity index (χ4v) is 6.99. The molecule has 1 aromatic heterocycles. The number of ether oxygens (including phenoxy) is 2. The summed E-state index contributed by atoms with van der Waals surface area (Å²) in [6.45, 7) is 0.604. The first-order valence-electron chi connectivity index (χ1n) is 18.4. The van der Waals surface area contributed by atoms with Crippen LogP contribution in [0.1, 0.15) is 62.3 Å². The van der Waals surface area contributed by atoms with E-state index in [1.165, 1.54) is 16.9 Å². The Bertz CT molecular complexity index is 2280. The number of hydrogen-bond donors (Lipinski definition) is 4. The highest BCUT2D eigenvalue weighted by Crippen LogP contribution is 2.39. The van der Waals surface area contributed by atoms with Crippen LogP contribution < -0.4 is 40.5 Å². The number of rotatable bonds is 13. The molecule has 7 rings (SSSR count). The van der Waals surface area contributed by atoms with Crippen LogP contribution in [0, 0.1) is 0 Å². The second-order valence-electron chi connectivity index (χ2n) is 13.7. The van der Waals surface area contributed by atoms with Crippen LogP contribution in [0.25, 0.3) is 0 Å². The molecule has 17 heteroatoms. The van der Waals surface area contributed by atoms with Crippen LogP contribution in [0.4, 0.5) is 28.8 Å². The van der Waals surface area contributed by atoms with Crippen molar-refractivity contribution in [3.05, 3.63) is 89.1 Å². The molecule has 57 heavy (non-hydrogen) atoms. The summed E-state index contributed by atoms with van der Waals surface area (Å²) < 4.78 is 11.3. The molecule has 0 radical (unpaired) electrons. The zero-order valence-electron chi connectivity index (χ0n) is 31.6. The van der Waals surface area contributed by atoms with Gasteiger partial charge < -0.3 is 40.1 Å². The predicted molar refractivity (Wildman–Crippen MR) is 208 cm³/mol. The number of imide groups is 1. The number of amides is 6. The van der Waals surface area contributed by atoms with Crippen molar-refractivity contribution in [2.45, 2.75) is 38.3 Å². The molecule has 6 amide bonds. The van der Waals surface area contributed by atoms with Gasteiger partial charge in [0.05, 0.1) is 36.8 Å². The number of carbonyl (C=O) groups is 6. The van der Waals surface area contributed by atoms with Gasteiger partial charge in [-0.1, -0.05) is 18.2 Å². The Morgan fingerprint density at radius 3 is 2.44 bits per heavy atom. The molecule has 4 heterocycles. The minimum absolute atomic E-state index is 0.138. The third kappa shape index (κ3) is 7.89. The van der Waals surface area contributed by atoms with Gasteiger partial charge in [-0.15, -0.1) is 0 Å². The summed E-state index contributed by atoms with van der Waals surface area (Å²) in [7, 11) is 5.02. The highest BCUT2D eigenvalue weighted by Gasteiger charge is 2.40. The van der Waals surface area contributed by atoms with Crippen molar-refractivity contribution in [1.29, 1.82) is 0 Å². The van der Waals surface area contributed by atoms with Crippen molar-refractivity contribution >= 4 is 64.3 Å². The minimum atomic E-state index is -0.748. The molecule has 3 aromatic carbocycles. The zero-order valence-corrected chi connectivity index (χ0v) is 31.6. The average molecular weight is 776 g/mol. The average Bonchev–Trinajstić information content (AvgIpc) is 3.53. The fourth-order valence-electron chi connectivity index (χ4n) is 6.99. The Labute approximate surface area is 327 Å². The molecule has 0 aliphatic carbocycles. The molecule has 294 valence electrons. The van der Waals surface area contributed by atoms with E-state index in [4.69, 9.17) is 14.5 Å². The van der Waals surface area contributed by atoms with Gasteiger partial charge in [-0.3, -0.25) is 34.1 Å². The molecule has 0 spiro atoms. The van der Waals surface area contributed by atoms with E-state index in [1.54, 1.807) is 55.7 Å². The highest BCUT2D eigenvalue weighted by molar-refractivity contribution is 6.13. The zero-order chi connectivity index (χ0) is 40.2. The number of para-hydroxylation sites is 1. The van der Waals surface area contributed by atoms with E-state index < -0.39 is 11.9 Å². The molecule has 3 aliphatic heterocycles. The molecule has 4 aromatic rings.